The minimum absolute atomic E-state index is 0.114. The molecule has 0 aromatic carbocycles. The molecule has 2 unspecified atom stereocenters. The van der Waals surface area contributed by atoms with Gasteiger partial charge in [0.1, 0.15) is 5.60 Å². The molecule has 1 heterocycles. The Bertz CT molecular complexity index is 513. The Morgan fingerprint density at radius 3 is 2.57 bits per heavy atom. The lowest BCUT2D eigenvalue weighted by Gasteiger charge is -2.28. The fourth-order valence-electron chi connectivity index (χ4n) is 2.86. The molecule has 2 rings (SSSR count). The van der Waals surface area contributed by atoms with Crippen molar-refractivity contribution in [3.05, 3.63) is 21.3 Å². The number of alkyl carbamates (subject to hydrolysis) is 1. The first kappa shape index (κ1) is 18.6. The Morgan fingerprint density at radius 1 is 1.26 bits per heavy atom. The van der Waals surface area contributed by atoms with Crippen LogP contribution in [0, 0.1) is 0 Å². The standard InChI is InChI=1S/C17H27ClN2O2S/c1-17(2,3)22-16(21)20-14-8-6-4-5-7-13(14)19-11-12-9-10-15(18)23-12/h9-10,13-14,19H,4-8,11H2,1-3H3,(H,20,21). The van der Waals surface area contributed by atoms with Crippen LogP contribution < -0.4 is 10.6 Å². The number of halogens is 1. The molecule has 1 aromatic heterocycles. The molecule has 0 bridgehead atoms. The van der Waals surface area contributed by atoms with Crippen LogP contribution in [-0.2, 0) is 11.3 Å². The van der Waals surface area contributed by atoms with Crippen LogP contribution in [0.3, 0.4) is 0 Å². The lowest BCUT2D eigenvalue weighted by atomic mass is 10.0. The minimum Gasteiger partial charge on any atom is -0.444 e. The van der Waals surface area contributed by atoms with E-state index in [1.807, 2.05) is 32.9 Å². The van der Waals surface area contributed by atoms with E-state index in [0.717, 1.165) is 30.1 Å². The van der Waals surface area contributed by atoms with Crippen molar-refractivity contribution in [1.29, 1.82) is 0 Å². The molecule has 1 aliphatic rings. The van der Waals surface area contributed by atoms with Crippen LogP contribution in [0.15, 0.2) is 12.1 Å². The van der Waals surface area contributed by atoms with Gasteiger partial charge in [-0.15, -0.1) is 11.3 Å². The van der Waals surface area contributed by atoms with Crippen molar-refractivity contribution in [3.8, 4) is 0 Å². The largest absolute Gasteiger partial charge is 0.444 e. The second kappa shape index (κ2) is 8.36. The molecule has 1 saturated carbocycles. The molecule has 0 aliphatic heterocycles. The quantitative estimate of drug-likeness (QED) is 0.766. The van der Waals surface area contributed by atoms with E-state index in [2.05, 4.69) is 10.6 Å². The first-order chi connectivity index (χ1) is 10.8. The van der Waals surface area contributed by atoms with E-state index in [-0.39, 0.29) is 18.2 Å². The molecule has 2 atom stereocenters. The maximum atomic E-state index is 12.1. The summed E-state index contributed by atoms with van der Waals surface area (Å²) < 4.78 is 6.21. The number of thiophene rings is 1. The Kier molecular flexibility index (Phi) is 6.74. The van der Waals surface area contributed by atoms with Gasteiger partial charge in [-0.3, -0.25) is 0 Å². The van der Waals surface area contributed by atoms with Crippen molar-refractivity contribution >= 4 is 29.0 Å². The molecule has 1 amide bonds. The molecule has 2 N–H and O–H groups in total. The summed E-state index contributed by atoms with van der Waals surface area (Å²) >= 11 is 7.58. The molecule has 23 heavy (non-hydrogen) atoms. The highest BCUT2D eigenvalue weighted by molar-refractivity contribution is 7.16. The first-order valence-electron chi connectivity index (χ1n) is 8.30. The fraction of sp³-hybridized carbons (Fsp3) is 0.706. The van der Waals surface area contributed by atoms with Gasteiger partial charge in [0.2, 0.25) is 0 Å². The van der Waals surface area contributed by atoms with Crippen molar-refractivity contribution in [3.63, 3.8) is 0 Å². The van der Waals surface area contributed by atoms with Crippen molar-refractivity contribution in [2.24, 2.45) is 0 Å². The zero-order valence-corrected chi connectivity index (χ0v) is 15.7. The van der Waals surface area contributed by atoms with E-state index in [4.69, 9.17) is 16.3 Å². The zero-order valence-electron chi connectivity index (χ0n) is 14.2. The number of hydrogen-bond donors (Lipinski definition) is 2. The van der Waals surface area contributed by atoms with E-state index in [1.54, 1.807) is 11.3 Å². The van der Waals surface area contributed by atoms with E-state index >= 15 is 0 Å². The topological polar surface area (TPSA) is 50.4 Å². The maximum absolute atomic E-state index is 12.1. The molecule has 0 saturated heterocycles. The van der Waals surface area contributed by atoms with Gasteiger partial charge in [0.05, 0.1) is 4.34 Å². The van der Waals surface area contributed by atoms with Crippen LogP contribution in [0.25, 0.3) is 0 Å². The summed E-state index contributed by atoms with van der Waals surface area (Å²) in [5.41, 5.74) is -0.467. The van der Waals surface area contributed by atoms with Gasteiger partial charge in [-0.25, -0.2) is 4.79 Å². The van der Waals surface area contributed by atoms with Gasteiger partial charge in [0.15, 0.2) is 0 Å². The summed E-state index contributed by atoms with van der Waals surface area (Å²) in [7, 11) is 0. The van der Waals surface area contributed by atoms with Crippen molar-refractivity contribution in [2.75, 3.05) is 0 Å². The molecule has 1 aromatic rings. The average molecular weight is 359 g/mol. The van der Waals surface area contributed by atoms with E-state index in [0.29, 0.717) is 0 Å². The summed E-state index contributed by atoms with van der Waals surface area (Å²) in [5, 5.41) is 6.65. The molecule has 6 heteroatoms. The van der Waals surface area contributed by atoms with Gasteiger partial charge < -0.3 is 15.4 Å². The number of amides is 1. The van der Waals surface area contributed by atoms with Crippen molar-refractivity contribution in [1.82, 2.24) is 10.6 Å². The van der Waals surface area contributed by atoms with E-state index in [1.165, 1.54) is 17.7 Å². The summed E-state index contributed by atoms with van der Waals surface area (Å²) in [5.74, 6) is 0. The number of ether oxygens (including phenoxy) is 1. The van der Waals surface area contributed by atoms with E-state index in [9.17, 15) is 4.79 Å². The minimum atomic E-state index is -0.467. The lowest BCUT2D eigenvalue weighted by Crippen LogP contribution is -2.50. The monoisotopic (exact) mass is 358 g/mol. The highest BCUT2D eigenvalue weighted by Gasteiger charge is 2.27. The predicted octanol–water partition coefficient (Wildman–Crippen LogP) is 4.72. The first-order valence-corrected chi connectivity index (χ1v) is 9.50. The second-order valence-electron chi connectivity index (χ2n) is 7.08. The predicted molar refractivity (Wildman–Crippen MR) is 96.2 cm³/mol. The maximum Gasteiger partial charge on any atom is 0.407 e. The normalized spacial score (nSPS) is 22.4. The molecule has 0 spiro atoms. The molecule has 1 fully saturated rings. The van der Waals surface area contributed by atoms with Gasteiger partial charge in [0, 0.05) is 23.5 Å². The smallest absolute Gasteiger partial charge is 0.407 e. The van der Waals surface area contributed by atoms with Crippen LogP contribution in [-0.4, -0.2) is 23.8 Å². The number of carbonyl (C=O) groups is 1. The molecule has 0 radical (unpaired) electrons. The second-order valence-corrected chi connectivity index (χ2v) is 8.88. The highest BCUT2D eigenvalue weighted by atomic mass is 35.5. The highest BCUT2D eigenvalue weighted by Crippen LogP contribution is 2.23. The molecule has 130 valence electrons. The van der Waals surface area contributed by atoms with Crippen LogP contribution >= 0.6 is 22.9 Å². The fourth-order valence-corrected chi connectivity index (χ4v) is 3.90. The summed E-state index contributed by atoms with van der Waals surface area (Å²) in [6.45, 7) is 6.44. The third-order valence-electron chi connectivity index (χ3n) is 3.89. The Morgan fingerprint density at radius 2 is 1.96 bits per heavy atom. The lowest BCUT2D eigenvalue weighted by molar-refractivity contribution is 0.0489. The van der Waals surface area contributed by atoms with Crippen LogP contribution in [0.5, 0.6) is 0 Å². The third-order valence-corrected chi connectivity index (χ3v) is 5.12. The SMILES string of the molecule is CC(C)(C)OC(=O)NC1CCCCCC1NCc1ccc(Cl)s1. The Hall–Kier alpha value is -0.780. The number of rotatable bonds is 4. The van der Waals surface area contributed by atoms with Crippen LogP contribution in [0.4, 0.5) is 4.79 Å². The zero-order chi connectivity index (χ0) is 16.9. The number of hydrogen-bond acceptors (Lipinski definition) is 4. The molecular weight excluding hydrogens is 332 g/mol. The Labute approximate surface area is 147 Å². The van der Waals surface area contributed by atoms with Crippen molar-refractivity contribution < 1.29 is 9.53 Å². The van der Waals surface area contributed by atoms with Crippen molar-refractivity contribution in [2.45, 2.75) is 77.1 Å². The Balaban J connectivity index is 1.91. The summed E-state index contributed by atoms with van der Waals surface area (Å²) in [6.07, 6.45) is 5.28. The van der Waals surface area contributed by atoms with Gasteiger partial charge in [-0.2, -0.15) is 0 Å². The average Bonchev–Trinajstić information content (AvgIpc) is 2.72. The summed E-state index contributed by atoms with van der Waals surface area (Å²) in [4.78, 5) is 13.3. The molecule has 1 aliphatic carbocycles. The van der Waals surface area contributed by atoms with Gasteiger partial charge in [-0.05, 0) is 45.7 Å². The van der Waals surface area contributed by atoms with Gasteiger partial charge in [-0.1, -0.05) is 30.9 Å². The van der Waals surface area contributed by atoms with E-state index < -0.39 is 5.60 Å². The van der Waals surface area contributed by atoms with Crippen LogP contribution in [0.1, 0.15) is 57.8 Å². The summed E-state index contributed by atoms with van der Waals surface area (Å²) in [6, 6.07) is 4.36. The van der Waals surface area contributed by atoms with Crippen LogP contribution in [0.2, 0.25) is 4.34 Å². The molecular formula is C17H27ClN2O2S. The number of carbonyl (C=O) groups excluding carboxylic acids is 1. The molecule has 4 nitrogen and oxygen atoms in total. The third kappa shape index (κ3) is 6.69. The van der Waals surface area contributed by atoms with Gasteiger partial charge in [0.25, 0.3) is 0 Å². The van der Waals surface area contributed by atoms with Gasteiger partial charge >= 0.3 is 6.09 Å². The number of nitrogens with one attached hydrogen (secondary N) is 2.